The highest BCUT2D eigenvalue weighted by molar-refractivity contribution is 5.68. The molecular weight excluding hydrogens is 349 g/mol. The molecule has 4 atom stereocenters. The Morgan fingerprint density at radius 2 is 2.15 bits per heavy atom. The molecule has 1 saturated heterocycles. The molecule has 2 aliphatic rings. The molecule has 7 nitrogen and oxygen atoms in total. The number of aromatic hydroxyl groups is 1. The summed E-state index contributed by atoms with van der Waals surface area (Å²) in [5.74, 6) is 0.562. The molecule has 0 unspecified atom stereocenters. The third-order valence-electron chi connectivity index (χ3n) is 5.32. The molecule has 27 heavy (non-hydrogen) atoms. The van der Waals surface area contributed by atoms with E-state index >= 15 is 0 Å². The fourth-order valence-electron chi connectivity index (χ4n) is 3.91. The van der Waals surface area contributed by atoms with Crippen molar-refractivity contribution in [2.24, 2.45) is 5.92 Å². The van der Waals surface area contributed by atoms with Gasteiger partial charge in [-0.05, 0) is 24.6 Å². The van der Waals surface area contributed by atoms with Gasteiger partial charge in [-0.15, -0.1) is 10.2 Å². The van der Waals surface area contributed by atoms with Crippen LogP contribution in [0.15, 0.2) is 49.1 Å². The lowest BCUT2D eigenvalue weighted by atomic mass is 10.1. The Bertz CT molecular complexity index is 945. The van der Waals surface area contributed by atoms with Gasteiger partial charge in [-0.1, -0.05) is 0 Å². The summed E-state index contributed by atoms with van der Waals surface area (Å²) in [5.41, 5.74) is 1.87. The van der Waals surface area contributed by atoms with Gasteiger partial charge in [0.15, 0.2) is 6.17 Å². The topological polar surface area (TPSA) is 85.1 Å². The van der Waals surface area contributed by atoms with Crippen molar-refractivity contribution in [3.8, 4) is 28.6 Å². The highest BCUT2D eigenvalue weighted by atomic mass is 19.1. The number of phenolic OH excluding ortho intramolecular Hbond substituents is 1. The van der Waals surface area contributed by atoms with E-state index < -0.39 is 12.3 Å². The number of nitrogens with zero attached hydrogens (tertiary/aromatic N) is 4. The number of nitrogens with one attached hydrogen (secondary N) is 1. The number of imidazole rings is 1. The Balaban J connectivity index is 1.34. The number of piperidine rings is 1. The van der Waals surface area contributed by atoms with Crippen LogP contribution in [0, 0.1) is 5.92 Å². The number of hydrogen-bond acceptors (Lipinski definition) is 6. The average Bonchev–Trinajstić information content (AvgIpc) is 3.42. The lowest BCUT2D eigenvalue weighted by Gasteiger charge is -2.26. The van der Waals surface area contributed by atoms with Crippen LogP contribution in [0.4, 0.5) is 4.39 Å². The van der Waals surface area contributed by atoms with Crippen molar-refractivity contribution in [3.63, 3.8) is 0 Å². The minimum absolute atomic E-state index is 0.0900. The first-order chi connectivity index (χ1) is 13.2. The lowest BCUT2D eigenvalue weighted by molar-refractivity contribution is 0.0615. The number of ether oxygens (including phenoxy) is 1. The van der Waals surface area contributed by atoms with Crippen LogP contribution in [0.25, 0.3) is 16.9 Å². The van der Waals surface area contributed by atoms with Crippen LogP contribution in [0.2, 0.25) is 0 Å². The molecule has 3 heterocycles. The molecule has 2 aromatic heterocycles. The van der Waals surface area contributed by atoms with E-state index in [1.54, 1.807) is 47.6 Å². The van der Waals surface area contributed by atoms with Crippen LogP contribution in [-0.4, -0.2) is 49.7 Å². The quantitative estimate of drug-likeness (QED) is 0.735. The number of alkyl halides is 1. The molecule has 0 spiro atoms. The van der Waals surface area contributed by atoms with Crippen LogP contribution in [0.1, 0.15) is 6.42 Å². The molecule has 2 fully saturated rings. The van der Waals surface area contributed by atoms with Crippen molar-refractivity contribution in [2.45, 2.75) is 24.7 Å². The first kappa shape index (κ1) is 16.2. The second-order valence-electron chi connectivity index (χ2n) is 6.97. The zero-order valence-electron chi connectivity index (χ0n) is 14.4. The van der Waals surface area contributed by atoms with E-state index in [2.05, 4.69) is 20.5 Å². The number of hydrogen-bond donors (Lipinski definition) is 2. The molecule has 1 aliphatic carbocycles. The highest BCUT2D eigenvalue weighted by Crippen LogP contribution is 2.36. The van der Waals surface area contributed by atoms with Gasteiger partial charge in [0.05, 0.1) is 17.7 Å². The van der Waals surface area contributed by atoms with Crippen LogP contribution in [0.3, 0.4) is 0 Å². The Morgan fingerprint density at radius 3 is 2.81 bits per heavy atom. The average molecular weight is 367 g/mol. The van der Waals surface area contributed by atoms with Gasteiger partial charge in [-0.3, -0.25) is 0 Å². The van der Waals surface area contributed by atoms with E-state index in [1.807, 2.05) is 6.07 Å². The van der Waals surface area contributed by atoms with Crippen LogP contribution in [0.5, 0.6) is 11.6 Å². The maximum absolute atomic E-state index is 14.2. The number of phenols is 1. The predicted octanol–water partition coefficient (Wildman–Crippen LogP) is 2.11. The molecule has 3 aromatic rings. The Morgan fingerprint density at radius 1 is 1.22 bits per heavy atom. The Labute approximate surface area is 154 Å². The predicted molar refractivity (Wildman–Crippen MR) is 95.5 cm³/mol. The van der Waals surface area contributed by atoms with E-state index in [1.165, 1.54) is 0 Å². The molecule has 2 N–H and O–H groups in total. The largest absolute Gasteiger partial charge is 0.507 e. The molecule has 1 aromatic carbocycles. The SMILES string of the molecule is Oc1cc(-n2ccnc2)ccc1-c1ccc(O[C@H]2[C@@H]3CN[C@@H](C3)[C@H]2F)nn1. The van der Waals surface area contributed by atoms with Crippen LogP contribution in [-0.2, 0) is 0 Å². The van der Waals surface area contributed by atoms with Gasteiger partial charge in [0.2, 0.25) is 5.88 Å². The van der Waals surface area contributed by atoms with Crippen molar-refractivity contribution in [3.05, 3.63) is 49.1 Å². The second-order valence-corrected chi connectivity index (χ2v) is 6.97. The standard InChI is InChI=1S/C19H18FN5O2/c20-18-15-7-11(9-22-15)19(18)27-17-4-3-14(23-24-17)13-2-1-12(8-16(13)26)25-6-5-21-10-25/h1-6,8,10-11,15,18-19,22,26H,7,9H2/t11-,15-,18+,19-/m0/s1. The number of aromatic nitrogens is 4. The van der Waals surface area contributed by atoms with Gasteiger partial charge in [-0.2, -0.15) is 0 Å². The van der Waals surface area contributed by atoms with Gasteiger partial charge in [0.25, 0.3) is 0 Å². The van der Waals surface area contributed by atoms with Gasteiger partial charge in [0.1, 0.15) is 11.9 Å². The van der Waals surface area contributed by atoms with Crippen LogP contribution >= 0.6 is 0 Å². The van der Waals surface area contributed by atoms with Gasteiger partial charge in [-0.25, -0.2) is 9.37 Å². The first-order valence-corrected chi connectivity index (χ1v) is 8.88. The summed E-state index contributed by atoms with van der Waals surface area (Å²) in [4.78, 5) is 3.99. The smallest absolute Gasteiger partial charge is 0.233 e. The molecule has 2 bridgehead atoms. The summed E-state index contributed by atoms with van der Waals surface area (Å²) in [6.45, 7) is 0.776. The Hall–Kier alpha value is -3.00. The number of fused-ring (bicyclic) bond motifs is 2. The van der Waals surface area contributed by atoms with Crippen molar-refractivity contribution >= 4 is 0 Å². The maximum atomic E-state index is 14.2. The molecule has 5 rings (SSSR count). The normalized spacial score (nSPS) is 26.4. The third-order valence-corrected chi connectivity index (χ3v) is 5.32. The zero-order chi connectivity index (χ0) is 18.4. The van der Waals surface area contributed by atoms with Crippen LogP contribution < -0.4 is 10.1 Å². The summed E-state index contributed by atoms with van der Waals surface area (Å²) >= 11 is 0. The molecule has 8 heteroatoms. The molecule has 0 radical (unpaired) electrons. The molecule has 0 amide bonds. The number of rotatable bonds is 4. The van der Waals surface area contributed by atoms with E-state index in [-0.39, 0.29) is 17.7 Å². The zero-order valence-corrected chi connectivity index (χ0v) is 14.4. The number of halogens is 1. The second kappa shape index (κ2) is 6.31. The minimum atomic E-state index is -1.02. The highest BCUT2D eigenvalue weighted by Gasteiger charge is 2.50. The molecule has 1 saturated carbocycles. The fourth-order valence-corrected chi connectivity index (χ4v) is 3.91. The van der Waals surface area contributed by atoms with Gasteiger partial charge >= 0.3 is 0 Å². The summed E-state index contributed by atoms with van der Waals surface area (Å²) in [5, 5.41) is 21.7. The third kappa shape index (κ3) is 2.82. The summed E-state index contributed by atoms with van der Waals surface area (Å²) in [6, 6.07) is 8.54. The van der Waals surface area contributed by atoms with E-state index in [4.69, 9.17) is 4.74 Å². The molecular formula is C19H18FN5O2. The van der Waals surface area contributed by atoms with Crippen molar-refractivity contribution < 1.29 is 14.2 Å². The monoisotopic (exact) mass is 367 g/mol. The van der Waals surface area contributed by atoms with Crippen molar-refractivity contribution in [1.29, 1.82) is 0 Å². The molecule has 1 aliphatic heterocycles. The van der Waals surface area contributed by atoms with Crippen molar-refractivity contribution in [2.75, 3.05) is 6.54 Å². The minimum Gasteiger partial charge on any atom is -0.507 e. The summed E-state index contributed by atoms with van der Waals surface area (Å²) in [7, 11) is 0. The summed E-state index contributed by atoms with van der Waals surface area (Å²) < 4.78 is 21.8. The molecule has 138 valence electrons. The van der Waals surface area contributed by atoms with Gasteiger partial charge < -0.3 is 19.7 Å². The Kier molecular flexibility index (Phi) is 3.78. The van der Waals surface area contributed by atoms with Crippen molar-refractivity contribution in [1.82, 2.24) is 25.1 Å². The summed E-state index contributed by atoms with van der Waals surface area (Å²) in [6.07, 6.45) is 4.43. The lowest BCUT2D eigenvalue weighted by Crippen LogP contribution is -2.46. The first-order valence-electron chi connectivity index (χ1n) is 8.88. The fraction of sp³-hybridized carbons (Fsp3) is 0.316. The van der Waals surface area contributed by atoms with Gasteiger partial charge in [0, 0.05) is 48.6 Å². The maximum Gasteiger partial charge on any atom is 0.233 e. The van der Waals surface area contributed by atoms with E-state index in [9.17, 15) is 9.50 Å². The number of benzene rings is 1. The van der Waals surface area contributed by atoms with E-state index in [0.717, 1.165) is 18.7 Å². The van der Waals surface area contributed by atoms with E-state index in [0.29, 0.717) is 17.1 Å².